The van der Waals surface area contributed by atoms with Gasteiger partial charge < -0.3 is 11.2 Å². The highest BCUT2D eigenvalue weighted by molar-refractivity contribution is 5.85. The van der Waals surface area contributed by atoms with Crippen LogP contribution in [0.25, 0.3) is 0 Å². The Kier molecular flexibility index (Phi) is 7.20. The van der Waals surface area contributed by atoms with E-state index >= 15 is 0 Å². The summed E-state index contributed by atoms with van der Waals surface area (Å²) in [7, 11) is 0. The third-order valence-corrected chi connectivity index (χ3v) is 1.12. The highest BCUT2D eigenvalue weighted by Crippen LogP contribution is 2.13. The third kappa shape index (κ3) is 3.32. The molecule has 0 aliphatic rings. The van der Waals surface area contributed by atoms with Gasteiger partial charge in [0.05, 0.1) is 11.4 Å². The Morgan fingerprint density at radius 2 is 1.64 bits per heavy atom. The molecule has 0 spiro atoms. The number of benzene rings is 1. The SMILES string of the molecule is Cl.Cl.NNc1ccccc1N. The Labute approximate surface area is 77.9 Å². The van der Waals surface area contributed by atoms with Crippen molar-refractivity contribution in [3.05, 3.63) is 24.3 Å². The zero-order chi connectivity index (χ0) is 6.69. The van der Waals surface area contributed by atoms with Gasteiger partial charge in [-0.2, -0.15) is 0 Å². The summed E-state index contributed by atoms with van der Waals surface area (Å²) in [5.41, 5.74) is 9.39. The lowest BCUT2D eigenvalue weighted by Gasteiger charge is -2.00. The van der Waals surface area contributed by atoms with Crippen LogP contribution in [0.1, 0.15) is 0 Å². The van der Waals surface area contributed by atoms with E-state index in [2.05, 4.69) is 5.43 Å². The van der Waals surface area contributed by atoms with Crippen LogP contribution >= 0.6 is 24.8 Å². The summed E-state index contributed by atoms with van der Waals surface area (Å²) in [6, 6.07) is 7.33. The molecule has 64 valence electrons. The molecule has 0 aliphatic carbocycles. The number of hydrogen-bond donors (Lipinski definition) is 3. The molecule has 1 aromatic carbocycles. The summed E-state index contributed by atoms with van der Waals surface area (Å²) in [6.45, 7) is 0. The molecule has 0 saturated heterocycles. The van der Waals surface area contributed by atoms with Gasteiger partial charge in [-0.1, -0.05) is 12.1 Å². The van der Waals surface area contributed by atoms with Crippen molar-refractivity contribution >= 4 is 36.2 Å². The van der Waals surface area contributed by atoms with E-state index < -0.39 is 0 Å². The van der Waals surface area contributed by atoms with Crippen molar-refractivity contribution in [1.82, 2.24) is 0 Å². The number of halogens is 2. The van der Waals surface area contributed by atoms with Gasteiger partial charge in [0.2, 0.25) is 0 Å². The molecule has 0 fully saturated rings. The summed E-state index contributed by atoms with van der Waals surface area (Å²) >= 11 is 0. The topological polar surface area (TPSA) is 64.1 Å². The minimum atomic E-state index is 0. The number of nitrogens with two attached hydrogens (primary N) is 2. The number of anilines is 2. The van der Waals surface area contributed by atoms with Crippen molar-refractivity contribution in [2.75, 3.05) is 11.2 Å². The fourth-order valence-corrected chi connectivity index (χ4v) is 0.628. The van der Waals surface area contributed by atoms with E-state index in [1.165, 1.54) is 0 Å². The summed E-state index contributed by atoms with van der Waals surface area (Å²) in [5.74, 6) is 5.12. The van der Waals surface area contributed by atoms with Crippen molar-refractivity contribution in [2.45, 2.75) is 0 Å². The fraction of sp³-hybridized carbons (Fsp3) is 0. The van der Waals surface area contributed by atoms with Gasteiger partial charge in [0.15, 0.2) is 0 Å². The lowest BCUT2D eigenvalue weighted by molar-refractivity contribution is 1.35. The average molecular weight is 196 g/mol. The summed E-state index contributed by atoms with van der Waals surface area (Å²) in [5, 5.41) is 0. The average Bonchev–Trinajstić information content (AvgIpc) is 1.89. The van der Waals surface area contributed by atoms with Gasteiger partial charge in [-0.3, -0.25) is 5.84 Å². The molecular weight excluding hydrogens is 185 g/mol. The van der Waals surface area contributed by atoms with Crippen LogP contribution in [-0.2, 0) is 0 Å². The van der Waals surface area contributed by atoms with E-state index in [1.807, 2.05) is 18.2 Å². The minimum absolute atomic E-state index is 0. The van der Waals surface area contributed by atoms with Crippen LogP contribution in [0.2, 0.25) is 0 Å². The maximum atomic E-state index is 5.49. The van der Waals surface area contributed by atoms with Crippen LogP contribution in [0.5, 0.6) is 0 Å². The fourth-order valence-electron chi connectivity index (χ4n) is 0.628. The Bertz CT molecular complexity index is 205. The van der Waals surface area contributed by atoms with Crippen molar-refractivity contribution in [1.29, 1.82) is 0 Å². The monoisotopic (exact) mass is 195 g/mol. The first kappa shape index (κ1) is 13.0. The van der Waals surface area contributed by atoms with Crippen molar-refractivity contribution < 1.29 is 0 Å². The number of rotatable bonds is 1. The number of hydrogen-bond acceptors (Lipinski definition) is 3. The Morgan fingerprint density at radius 3 is 2.00 bits per heavy atom. The molecule has 3 nitrogen and oxygen atoms in total. The maximum Gasteiger partial charge on any atom is 0.0715 e. The number of nitrogen functional groups attached to an aromatic ring is 2. The summed E-state index contributed by atoms with van der Waals surface area (Å²) in [4.78, 5) is 0. The van der Waals surface area contributed by atoms with Gasteiger partial charge in [0.1, 0.15) is 0 Å². The first-order chi connectivity index (χ1) is 4.34. The van der Waals surface area contributed by atoms with Crippen LogP contribution in [0.3, 0.4) is 0 Å². The predicted octanol–water partition coefficient (Wildman–Crippen LogP) is 1.40. The van der Waals surface area contributed by atoms with Gasteiger partial charge in [0.25, 0.3) is 0 Å². The molecule has 5 N–H and O–H groups in total. The van der Waals surface area contributed by atoms with E-state index in [0.29, 0.717) is 5.69 Å². The zero-order valence-corrected chi connectivity index (χ0v) is 7.41. The van der Waals surface area contributed by atoms with Crippen molar-refractivity contribution in [3.8, 4) is 0 Å². The molecule has 0 heterocycles. The number of para-hydroxylation sites is 2. The van der Waals surface area contributed by atoms with Crippen molar-refractivity contribution in [3.63, 3.8) is 0 Å². The van der Waals surface area contributed by atoms with E-state index in [4.69, 9.17) is 11.6 Å². The van der Waals surface area contributed by atoms with Crippen LogP contribution in [0.4, 0.5) is 11.4 Å². The summed E-state index contributed by atoms with van der Waals surface area (Å²) < 4.78 is 0. The predicted molar refractivity (Wildman–Crippen MR) is 53.2 cm³/mol. The second kappa shape index (κ2) is 6.09. The normalized spacial score (nSPS) is 7.36. The molecule has 5 heteroatoms. The minimum Gasteiger partial charge on any atom is -0.397 e. The highest BCUT2D eigenvalue weighted by Gasteiger charge is 1.89. The lowest BCUT2D eigenvalue weighted by atomic mass is 10.3. The first-order valence-corrected chi connectivity index (χ1v) is 2.65. The molecule has 0 radical (unpaired) electrons. The van der Waals surface area contributed by atoms with Crippen LogP contribution in [0.15, 0.2) is 24.3 Å². The molecule has 11 heavy (non-hydrogen) atoms. The van der Waals surface area contributed by atoms with E-state index in [9.17, 15) is 0 Å². The zero-order valence-electron chi connectivity index (χ0n) is 5.78. The van der Waals surface area contributed by atoms with Crippen LogP contribution < -0.4 is 17.0 Å². The number of hydrazine groups is 1. The lowest BCUT2D eigenvalue weighted by Crippen LogP contribution is -2.08. The summed E-state index contributed by atoms with van der Waals surface area (Å²) in [6.07, 6.45) is 0. The van der Waals surface area contributed by atoms with E-state index in [1.54, 1.807) is 6.07 Å². The molecule has 0 atom stereocenters. The maximum absolute atomic E-state index is 5.49. The number of nitrogens with one attached hydrogen (secondary N) is 1. The Hall–Kier alpha value is -0.640. The van der Waals surface area contributed by atoms with Gasteiger partial charge in [0, 0.05) is 0 Å². The van der Waals surface area contributed by atoms with Gasteiger partial charge in [-0.25, -0.2) is 0 Å². The Balaban J connectivity index is 0. The Morgan fingerprint density at radius 1 is 1.09 bits per heavy atom. The van der Waals surface area contributed by atoms with Crippen molar-refractivity contribution in [2.24, 2.45) is 5.84 Å². The quantitative estimate of drug-likeness (QED) is 0.361. The molecule has 0 saturated carbocycles. The molecule has 0 bridgehead atoms. The molecular formula is C6H11Cl2N3. The first-order valence-electron chi connectivity index (χ1n) is 2.65. The van der Waals surface area contributed by atoms with Gasteiger partial charge in [-0.15, -0.1) is 24.8 Å². The highest BCUT2D eigenvalue weighted by atomic mass is 35.5. The molecule has 0 amide bonds. The third-order valence-electron chi connectivity index (χ3n) is 1.12. The van der Waals surface area contributed by atoms with Gasteiger partial charge in [-0.05, 0) is 12.1 Å². The molecule has 1 aromatic rings. The molecule has 0 aliphatic heterocycles. The van der Waals surface area contributed by atoms with E-state index in [0.717, 1.165) is 5.69 Å². The van der Waals surface area contributed by atoms with Crippen LogP contribution in [0, 0.1) is 0 Å². The second-order valence-electron chi connectivity index (χ2n) is 1.73. The van der Waals surface area contributed by atoms with E-state index in [-0.39, 0.29) is 24.8 Å². The van der Waals surface area contributed by atoms with Gasteiger partial charge >= 0.3 is 0 Å². The van der Waals surface area contributed by atoms with Crippen LogP contribution in [-0.4, -0.2) is 0 Å². The standard InChI is InChI=1S/C6H9N3.2ClH/c7-5-3-1-2-4-6(5)9-8;;/h1-4,9H,7-8H2;2*1H. The second-order valence-corrected chi connectivity index (χ2v) is 1.73. The molecule has 0 unspecified atom stereocenters. The smallest absolute Gasteiger partial charge is 0.0715 e. The largest absolute Gasteiger partial charge is 0.397 e. The molecule has 1 rings (SSSR count). The molecule has 0 aromatic heterocycles.